The third-order valence-corrected chi connectivity index (χ3v) is 16.5. The summed E-state index contributed by atoms with van der Waals surface area (Å²) in [6.45, 7) is 1.18. The molecule has 3 N–H and O–H groups in total. The molecule has 90 heavy (non-hydrogen) atoms. The predicted molar refractivity (Wildman–Crippen MR) is 365 cm³/mol. The van der Waals surface area contributed by atoms with E-state index in [0.717, 1.165) is 86.5 Å². The van der Waals surface area contributed by atoms with Crippen LogP contribution < -0.4 is 52.7 Å². The van der Waals surface area contributed by atoms with Crippen molar-refractivity contribution in [2.75, 3.05) is 86.1 Å². The molecular weight excluding hydrogens is 1270 g/mol. The van der Waals surface area contributed by atoms with Gasteiger partial charge in [0.2, 0.25) is 0 Å². The van der Waals surface area contributed by atoms with Crippen LogP contribution in [0.25, 0.3) is 0 Å². The number of halogens is 2. The van der Waals surface area contributed by atoms with Crippen LogP contribution in [0.4, 0.5) is 22.7 Å². The van der Waals surface area contributed by atoms with Gasteiger partial charge >= 0.3 is 0 Å². The number of aliphatic imine (C=N–C) groups is 3. The Hall–Kier alpha value is -8.87. The van der Waals surface area contributed by atoms with Gasteiger partial charge < -0.3 is 62.9 Å². The van der Waals surface area contributed by atoms with Gasteiger partial charge in [0, 0.05) is 158 Å². The number of methoxy groups -OCH3 is 8. The van der Waals surface area contributed by atoms with E-state index in [-0.39, 0.29) is 37.2 Å². The summed E-state index contributed by atoms with van der Waals surface area (Å²) in [7, 11) is 12.9. The van der Waals surface area contributed by atoms with E-state index in [1.165, 1.54) is 0 Å². The van der Waals surface area contributed by atoms with Gasteiger partial charge in [-0.25, -0.2) is 0 Å². The number of hydrogen-bond donors (Lipinski definition) is 3. The molecule has 470 valence electrons. The quantitative estimate of drug-likeness (QED) is 0.0192. The molecule has 9 rings (SSSR count). The van der Waals surface area contributed by atoms with Gasteiger partial charge in [-0.3, -0.25) is 15.0 Å². The van der Waals surface area contributed by atoms with Crippen molar-refractivity contribution in [1.82, 2.24) is 0 Å². The van der Waals surface area contributed by atoms with Crippen molar-refractivity contribution in [3.63, 3.8) is 0 Å². The van der Waals surface area contributed by atoms with Crippen molar-refractivity contribution in [3.8, 4) is 69.0 Å². The van der Waals surface area contributed by atoms with Crippen LogP contribution in [0.3, 0.4) is 0 Å². The molecule has 0 radical (unpaired) electrons. The van der Waals surface area contributed by atoms with Gasteiger partial charge in [0.25, 0.3) is 0 Å². The van der Waals surface area contributed by atoms with E-state index in [9.17, 15) is 10.2 Å². The monoisotopic (exact) mass is 1350 g/mol. The smallest absolute Gasteiger partial charge is 0.131 e. The lowest BCUT2D eigenvalue weighted by Crippen LogP contribution is -2.09. The Labute approximate surface area is 543 Å². The topological polar surface area (TPSA) is 182 Å². The highest BCUT2D eigenvalue weighted by Gasteiger charge is 2.24. The molecular formula is C72H76Br2N4O12. The second-order valence-electron chi connectivity index (χ2n) is 21.3. The Kier molecular flexibility index (Phi) is 23.3. The number of anilines is 1. The molecule has 0 spiro atoms. The molecule has 0 heterocycles. The first kappa shape index (κ1) is 65.6. The summed E-state index contributed by atoms with van der Waals surface area (Å²) in [5.41, 5.74) is 11.0. The Balaban J connectivity index is 1.31. The van der Waals surface area contributed by atoms with Crippen molar-refractivity contribution in [3.05, 3.63) is 188 Å². The van der Waals surface area contributed by atoms with Crippen molar-refractivity contribution < 1.29 is 57.6 Å². The lowest BCUT2D eigenvalue weighted by atomic mass is 9.90. The molecule has 0 amide bonds. The van der Waals surface area contributed by atoms with E-state index in [1.807, 2.05) is 121 Å². The number of nitrogens with zero attached hydrogens (tertiary/aromatic N) is 3. The van der Waals surface area contributed by atoms with Crippen LogP contribution in [0.2, 0.25) is 0 Å². The normalized spacial score (nSPS) is 12.1. The second kappa shape index (κ2) is 32.0. The van der Waals surface area contributed by atoms with E-state index >= 15 is 0 Å². The van der Waals surface area contributed by atoms with E-state index in [1.54, 1.807) is 75.5 Å². The van der Waals surface area contributed by atoms with Crippen LogP contribution in [0, 0.1) is 0 Å². The molecule has 8 aromatic rings. The third-order valence-electron chi connectivity index (χ3n) is 15.4. The maximum Gasteiger partial charge on any atom is 0.131 e. The Morgan fingerprint density at radius 2 is 0.711 bits per heavy atom. The van der Waals surface area contributed by atoms with Crippen LogP contribution in [0.15, 0.2) is 136 Å². The molecule has 0 aliphatic heterocycles. The number of nitrogens with one attached hydrogen (secondary N) is 1. The molecule has 16 nitrogen and oxygen atoms in total. The summed E-state index contributed by atoms with van der Waals surface area (Å²) in [5, 5.41) is 31.3. The maximum atomic E-state index is 13.0. The zero-order valence-corrected chi connectivity index (χ0v) is 55.2. The highest BCUT2D eigenvalue weighted by molar-refractivity contribution is 9.09. The van der Waals surface area contributed by atoms with E-state index in [0.29, 0.717) is 117 Å². The van der Waals surface area contributed by atoms with E-state index < -0.39 is 0 Å². The van der Waals surface area contributed by atoms with Gasteiger partial charge in [0.05, 0.1) is 87.2 Å². The van der Waals surface area contributed by atoms with Gasteiger partial charge in [-0.1, -0.05) is 31.9 Å². The Morgan fingerprint density at radius 3 is 1.04 bits per heavy atom. The maximum absolute atomic E-state index is 13.0. The fourth-order valence-corrected chi connectivity index (χ4v) is 11.5. The van der Waals surface area contributed by atoms with Gasteiger partial charge in [0.15, 0.2) is 0 Å². The number of benzene rings is 8. The van der Waals surface area contributed by atoms with Gasteiger partial charge in [-0.05, 0) is 123 Å². The summed E-state index contributed by atoms with van der Waals surface area (Å²) in [5.74, 6) is 6.38. The zero-order valence-electron chi connectivity index (χ0n) is 52.0. The van der Waals surface area contributed by atoms with Crippen molar-refractivity contribution >= 4 is 73.3 Å². The van der Waals surface area contributed by atoms with Crippen molar-refractivity contribution in [1.29, 1.82) is 0 Å². The first-order valence-corrected chi connectivity index (χ1v) is 31.8. The highest BCUT2D eigenvalue weighted by atomic mass is 79.9. The molecule has 0 unspecified atom stereocenters. The summed E-state index contributed by atoms with van der Waals surface area (Å²) in [6.07, 6.45) is 9.32. The largest absolute Gasteiger partial charge is 0.507 e. The molecule has 18 heteroatoms. The van der Waals surface area contributed by atoms with Crippen LogP contribution >= 0.6 is 31.9 Å². The number of alkyl halides is 2. The first-order chi connectivity index (χ1) is 43.9. The molecule has 0 aromatic heterocycles. The lowest BCUT2D eigenvalue weighted by Gasteiger charge is -2.22. The Bertz CT molecular complexity index is 3710. The molecule has 0 atom stereocenters. The predicted octanol–water partition coefficient (Wildman–Crippen LogP) is 15.8. The average Bonchev–Trinajstić information content (AvgIpc) is 0.942. The first-order valence-electron chi connectivity index (χ1n) is 29.5. The third kappa shape index (κ3) is 16.5. The molecule has 8 bridgehead atoms. The number of aromatic hydroxyl groups is 2. The summed E-state index contributed by atoms with van der Waals surface area (Å²) in [4.78, 5) is 15.3. The van der Waals surface area contributed by atoms with Crippen LogP contribution in [0.1, 0.15) is 92.4 Å². The minimum absolute atomic E-state index is 0.0717. The molecule has 0 saturated carbocycles. The van der Waals surface area contributed by atoms with Crippen LogP contribution in [-0.4, -0.2) is 110 Å². The molecule has 0 fully saturated rings. The molecule has 1 aliphatic rings. The van der Waals surface area contributed by atoms with Crippen LogP contribution in [0.5, 0.6) is 69.0 Å². The number of phenols is 2. The van der Waals surface area contributed by atoms with Crippen molar-refractivity contribution in [2.45, 2.75) is 57.9 Å². The highest BCUT2D eigenvalue weighted by Crippen LogP contribution is 2.44. The molecule has 1 aliphatic carbocycles. The fraction of sp³-hybridized carbons (Fsp3) is 0.292. The average molecular weight is 1350 g/mol. The standard InChI is InChI=1S/C72H76Br2N4O12/c1-81-61-17-13-45(65(37-61)85-5)41-75-57-29-49-25-53-33-59(77-43-47-15-19-63(83-3)39-67(47)87-7)35-55(71(53)89-23-11-9-21-73)27-51-31-58(76-42-46-14-18-62(82-2)38-66(46)86-6)32-52(70(51)80)28-56-36-60(78-44-48-16-20-64(84-4)40-68(48)88-8)34-54(26-50(30-57)69(49)79)72(56)90-24-12-10-22-74/h13-20,29-41,43-44,76,79-80H,9-12,21-28,42H2,1-8H3/b75-41+,77-43+,78-44+. The molecule has 0 saturated heterocycles. The number of ether oxygens (including phenoxy) is 10. The summed E-state index contributed by atoms with van der Waals surface area (Å²) in [6, 6.07) is 38.2. The SMILES string of the molecule is COc1ccc(/C=N/c2cc3c(O)c(c2)Cc2cc(/N=C/c4ccc(OC)cc4OC)cc(c2OCCCCBr)Cc2cc(NCc4ccc(OC)cc4OC)cc(c2O)Cc2cc(/N=C/c4ccc(OC)cc4OC)cc(c2OCCCCBr)C3)c(OC)c1. The molecule has 8 aromatic carbocycles. The zero-order chi connectivity index (χ0) is 63.5. The number of hydrogen-bond acceptors (Lipinski definition) is 16. The fourth-order valence-electron chi connectivity index (χ4n) is 10.7. The van der Waals surface area contributed by atoms with Crippen molar-refractivity contribution in [2.24, 2.45) is 15.0 Å². The van der Waals surface area contributed by atoms with E-state index in [4.69, 9.17) is 62.3 Å². The van der Waals surface area contributed by atoms with Gasteiger partial charge in [-0.15, -0.1) is 0 Å². The van der Waals surface area contributed by atoms with Gasteiger partial charge in [0.1, 0.15) is 69.0 Å². The Morgan fingerprint density at radius 1 is 0.389 bits per heavy atom. The number of phenolic OH excluding ortho intramolecular Hbond substituents is 2. The van der Waals surface area contributed by atoms with Crippen LogP contribution in [-0.2, 0) is 32.2 Å². The minimum atomic E-state index is 0.0717. The van der Waals surface area contributed by atoms with Gasteiger partial charge in [-0.2, -0.15) is 0 Å². The minimum Gasteiger partial charge on any atom is -0.507 e. The number of fused-ring (bicyclic) bond motifs is 8. The lowest BCUT2D eigenvalue weighted by molar-refractivity contribution is 0.304. The number of unbranched alkanes of at least 4 members (excludes halogenated alkanes) is 2. The summed E-state index contributed by atoms with van der Waals surface area (Å²) >= 11 is 7.24. The second-order valence-corrected chi connectivity index (χ2v) is 22.9. The summed E-state index contributed by atoms with van der Waals surface area (Å²) < 4.78 is 59.3. The number of rotatable bonds is 27. The van der Waals surface area contributed by atoms with E-state index in [2.05, 4.69) is 37.2 Å².